The number of hydrogen-bond donors (Lipinski definition) is 0. The van der Waals surface area contributed by atoms with Crippen LogP contribution in [0.25, 0.3) is 0 Å². The molecule has 0 aromatic heterocycles. The van der Waals surface area contributed by atoms with Gasteiger partial charge in [0, 0.05) is 23.5 Å². The van der Waals surface area contributed by atoms with Crippen molar-refractivity contribution in [1.29, 1.82) is 0 Å². The summed E-state index contributed by atoms with van der Waals surface area (Å²) in [5.74, 6) is 0.268. The predicted octanol–water partition coefficient (Wildman–Crippen LogP) is 2.08. The van der Waals surface area contributed by atoms with Crippen LogP contribution in [0.2, 0.25) is 0 Å². The summed E-state index contributed by atoms with van der Waals surface area (Å²) in [6, 6.07) is 0.944. The molecule has 0 radical (unpaired) electrons. The SMILES string of the molecule is O=C(C1CCCO1)N1C2CCC1CC(Br)C2. The minimum absolute atomic E-state index is 0.130. The van der Waals surface area contributed by atoms with Gasteiger partial charge in [-0.05, 0) is 38.5 Å². The maximum Gasteiger partial charge on any atom is 0.252 e. The number of alkyl halides is 1. The van der Waals surface area contributed by atoms with Crippen molar-refractivity contribution in [3.63, 3.8) is 0 Å². The minimum Gasteiger partial charge on any atom is -0.368 e. The van der Waals surface area contributed by atoms with Gasteiger partial charge in [-0.3, -0.25) is 4.79 Å². The molecule has 3 aliphatic rings. The number of carbonyl (C=O) groups excluding carboxylic acids is 1. The van der Waals surface area contributed by atoms with Crippen LogP contribution in [-0.4, -0.2) is 40.4 Å². The van der Waals surface area contributed by atoms with Gasteiger partial charge in [0.1, 0.15) is 6.10 Å². The lowest BCUT2D eigenvalue weighted by atomic mass is 10.0. The van der Waals surface area contributed by atoms with E-state index in [1.54, 1.807) is 0 Å². The highest BCUT2D eigenvalue weighted by Gasteiger charge is 2.44. The summed E-state index contributed by atoms with van der Waals surface area (Å²) in [5.41, 5.74) is 0. The molecule has 0 spiro atoms. The Hall–Kier alpha value is -0.0900. The Morgan fingerprint density at radius 2 is 1.88 bits per heavy atom. The van der Waals surface area contributed by atoms with Crippen molar-refractivity contribution in [2.75, 3.05) is 6.61 Å². The van der Waals surface area contributed by atoms with Gasteiger partial charge in [-0.1, -0.05) is 15.9 Å². The van der Waals surface area contributed by atoms with Crippen LogP contribution in [0.1, 0.15) is 38.5 Å². The third kappa shape index (κ3) is 1.80. The summed E-state index contributed by atoms with van der Waals surface area (Å²) in [6.07, 6.45) is 6.45. The number of amides is 1. The molecule has 4 heteroatoms. The summed E-state index contributed by atoms with van der Waals surface area (Å²) in [7, 11) is 0. The monoisotopic (exact) mass is 287 g/mol. The standard InChI is InChI=1S/C12H18BrNO2/c13-8-6-9-3-4-10(7-8)14(9)12(15)11-2-1-5-16-11/h8-11H,1-7H2. The topological polar surface area (TPSA) is 29.5 Å². The number of fused-ring (bicyclic) bond motifs is 2. The van der Waals surface area contributed by atoms with E-state index in [1.165, 1.54) is 12.8 Å². The molecular weight excluding hydrogens is 270 g/mol. The average Bonchev–Trinajstić information content (AvgIpc) is 2.85. The summed E-state index contributed by atoms with van der Waals surface area (Å²) in [5, 5.41) is 0. The number of ether oxygens (including phenoxy) is 1. The Morgan fingerprint density at radius 1 is 1.19 bits per heavy atom. The predicted molar refractivity (Wildman–Crippen MR) is 64.6 cm³/mol. The summed E-state index contributed by atoms with van der Waals surface area (Å²) >= 11 is 3.70. The van der Waals surface area contributed by atoms with Crippen molar-refractivity contribution < 1.29 is 9.53 Å². The van der Waals surface area contributed by atoms with E-state index < -0.39 is 0 Å². The summed E-state index contributed by atoms with van der Waals surface area (Å²) < 4.78 is 5.52. The Kier molecular flexibility index (Phi) is 2.96. The fourth-order valence-corrected chi connectivity index (χ4v) is 4.27. The van der Waals surface area contributed by atoms with Gasteiger partial charge < -0.3 is 9.64 Å². The molecule has 90 valence electrons. The van der Waals surface area contributed by atoms with Gasteiger partial charge in [0.2, 0.25) is 0 Å². The van der Waals surface area contributed by atoms with Crippen LogP contribution in [0.4, 0.5) is 0 Å². The van der Waals surface area contributed by atoms with Crippen LogP contribution < -0.4 is 0 Å². The lowest BCUT2D eigenvalue weighted by Crippen LogP contribution is -2.50. The normalized spacial score (nSPS) is 42.7. The number of piperidine rings is 1. The second-order valence-electron chi connectivity index (χ2n) is 5.20. The molecule has 0 aromatic rings. The van der Waals surface area contributed by atoms with Crippen molar-refractivity contribution in [3.8, 4) is 0 Å². The summed E-state index contributed by atoms with van der Waals surface area (Å²) in [4.78, 5) is 15.1. The van der Waals surface area contributed by atoms with E-state index in [2.05, 4.69) is 20.8 Å². The highest BCUT2D eigenvalue weighted by atomic mass is 79.9. The third-order valence-corrected chi connectivity index (χ3v) is 4.88. The summed E-state index contributed by atoms with van der Waals surface area (Å²) in [6.45, 7) is 0.765. The maximum absolute atomic E-state index is 12.4. The Morgan fingerprint density at radius 3 is 2.44 bits per heavy atom. The highest BCUT2D eigenvalue weighted by Crippen LogP contribution is 2.39. The zero-order valence-corrected chi connectivity index (χ0v) is 11.0. The quantitative estimate of drug-likeness (QED) is 0.691. The number of carbonyl (C=O) groups is 1. The van der Waals surface area contributed by atoms with Crippen LogP contribution in [0.15, 0.2) is 0 Å². The molecule has 0 aliphatic carbocycles. The molecule has 0 saturated carbocycles. The molecule has 3 fully saturated rings. The lowest BCUT2D eigenvalue weighted by molar-refractivity contribution is -0.145. The molecule has 2 bridgehead atoms. The lowest BCUT2D eigenvalue weighted by Gasteiger charge is -2.38. The van der Waals surface area contributed by atoms with Crippen LogP contribution in [0, 0.1) is 0 Å². The van der Waals surface area contributed by atoms with E-state index in [-0.39, 0.29) is 12.0 Å². The van der Waals surface area contributed by atoms with Gasteiger partial charge in [0.15, 0.2) is 0 Å². The zero-order chi connectivity index (χ0) is 11.1. The Labute approximate surface area is 105 Å². The van der Waals surface area contributed by atoms with E-state index >= 15 is 0 Å². The van der Waals surface area contributed by atoms with E-state index in [0.29, 0.717) is 16.9 Å². The molecule has 3 heterocycles. The molecule has 16 heavy (non-hydrogen) atoms. The second kappa shape index (κ2) is 4.30. The van der Waals surface area contributed by atoms with Crippen molar-refractivity contribution in [1.82, 2.24) is 4.90 Å². The maximum atomic E-state index is 12.4. The largest absolute Gasteiger partial charge is 0.368 e. The molecule has 3 rings (SSSR count). The van der Waals surface area contributed by atoms with Crippen molar-refractivity contribution >= 4 is 21.8 Å². The zero-order valence-electron chi connectivity index (χ0n) is 9.40. The van der Waals surface area contributed by atoms with Gasteiger partial charge in [-0.2, -0.15) is 0 Å². The number of halogens is 1. The molecule has 3 atom stereocenters. The van der Waals surface area contributed by atoms with Gasteiger partial charge in [0.25, 0.3) is 5.91 Å². The van der Waals surface area contributed by atoms with Crippen LogP contribution in [0.3, 0.4) is 0 Å². The molecule has 3 aliphatic heterocycles. The van der Waals surface area contributed by atoms with Crippen LogP contribution in [-0.2, 0) is 9.53 Å². The van der Waals surface area contributed by atoms with E-state index in [9.17, 15) is 4.79 Å². The molecule has 3 nitrogen and oxygen atoms in total. The Bertz CT molecular complexity index is 277. The van der Waals surface area contributed by atoms with E-state index in [0.717, 1.165) is 32.3 Å². The van der Waals surface area contributed by atoms with Gasteiger partial charge in [-0.15, -0.1) is 0 Å². The first-order valence-electron chi connectivity index (χ1n) is 6.33. The van der Waals surface area contributed by atoms with E-state index in [1.807, 2.05) is 0 Å². The fraction of sp³-hybridized carbons (Fsp3) is 0.917. The first kappa shape index (κ1) is 11.0. The first-order valence-corrected chi connectivity index (χ1v) is 7.25. The van der Waals surface area contributed by atoms with E-state index in [4.69, 9.17) is 4.74 Å². The third-order valence-electron chi connectivity index (χ3n) is 4.14. The molecule has 3 saturated heterocycles. The number of nitrogens with zero attached hydrogens (tertiary/aromatic N) is 1. The van der Waals surface area contributed by atoms with Crippen LogP contribution >= 0.6 is 15.9 Å². The Balaban J connectivity index is 1.72. The smallest absolute Gasteiger partial charge is 0.252 e. The van der Waals surface area contributed by atoms with Crippen molar-refractivity contribution in [2.24, 2.45) is 0 Å². The minimum atomic E-state index is -0.130. The molecule has 3 unspecified atom stereocenters. The van der Waals surface area contributed by atoms with Gasteiger partial charge in [-0.25, -0.2) is 0 Å². The van der Waals surface area contributed by atoms with Crippen molar-refractivity contribution in [2.45, 2.75) is 61.5 Å². The first-order chi connectivity index (χ1) is 7.75. The van der Waals surface area contributed by atoms with Crippen LogP contribution in [0.5, 0.6) is 0 Å². The van der Waals surface area contributed by atoms with Gasteiger partial charge in [0.05, 0.1) is 0 Å². The average molecular weight is 288 g/mol. The number of rotatable bonds is 1. The molecule has 0 N–H and O–H groups in total. The molecular formula is C12H18BrNO2. The molecule has 0 aromatic carbocycles. The van der Waals surface area contributed by atoms with Gasteiger partial charge >= 0.3 is 0 Å². The van der Waals surface area contributed by atoms with Crippen molar-refractivity contribution in [3.05, 3.63) is 0 Å². The highest BCUT2D eigenvalue weighted by molar-refractivity contribution is 9.09. The fourth-order valence-electron chi connectivity index (χ4n) is 3.41. The second-order valence-corrected chi connectivity index (χ2v) is 6.50. The molecule has 1 amide bonds. The number of hydrogen-bond acceptors (Lipinski definition) is 2.